The fourth-order valence-electron chi connectivity index (χ4n) is 4.32. The van der Waals surface area contributed by atoms with Gasteiger partial charge >= 0.3 is 0 Å². The van der Waals surface area contributed by atoms with Crippen molar-refractivity contribution in [1.82, 2.24) is 4.90 Å². The number of aliphatic hydroxyl groups excluding tert-OH is 1. The molecule has 0 bridgehead atoms. The molecule has 0 aromatic heterocycles. The van der Waals surface area contributed by atoms with Crippen molar-refractivity contribution >= 4 is 21.4 Å². The van der Waals surface area contributed by atoms with Crippen LogP contribution in [0.3, 0.4) is 0 Å². The van der Waals surface area contributed by atoms with Gasteiger partial charge in [-0.2, -0.15) is 0 Å². The number of sulfonamides is 1. The van der Waals surface area contributed by atoms with Gasteiger partial charge in [0.15, 0.2) is 0 Å². The molecule has 1 unspecified atom stereocenters. The first kappa shape index (κ1) is 21.1. The summed E-state index contributed by atoms with van der Waals surface area (Å²) < 4.78 is 38.6. The van der Waals surface area contributed by atoms with Crippen LogP contribution in [0.2, 0.25) is 0 Å². The third-order valence-electron chi connectivity index (χ3n) is 5.96. The molecule has 162 valence electrons. The Hall–Kier alpha value is -2.16. The summed E-state index contributed by atoms with van der Waals surface area (Å²) in [7, 11) is -3.29. The molecule has 2 aliphatic heterocycles. The summed E-state index contributed by atoms with van der Waals surface area (Å²) in [5.74, 6) is -0.231. The topological polar surface area (TPSA) is 64.1 Å². The Morgan fingerprint density at radius 1 is 1.03 bits per heavy atom. The first-order valence-electron chi connectivity index (χ1n) is 10.3. The van der Waals surface area contributed by atoms with Crippen molar-refractivity contribution in [3.8, 4) is 0 Å². The van der Waals surface area contributed by atoms with Gasteiger partial charge in [-0.25, -0.2) is 12.8 Å². The lowest BCUT2D eigenvalue weighted by Gasteiger charge is -2.37. The van der Waals surface area contributed by atoms with Crippen molar-refractivity contribution < 1.29 is 17.9 Å². The molecule has 0 spiro atoms. The number of hydrogen-bond donors (Lipinski definition) is 1. The summed E-state index contributed by atoms with van der Waals surface area (Å²) in [6.45, 7) is 4.33. The van der Waals surface area contributed by atoms with Crippen LogP contribution in [0.25, 0.3) is 0 Å². The Morgan fingerprint density at radius 3 is 2.40 bits per heavy atom. The third-order valence-corrected chi connectivity index (χ3v) is 7.14. The van der Waals surface area contributed by atoms with E-state index in [0.717, 1.165) is 61.5 Å². The Bertz CT molecular complexity index is 989. The average Bonchev–Trinajstić information content (AvgIpc) is 2.73. The molecule has 6 nitrogen and oxygen atoms in total. The number of benzene rings is 2. The molecular weight excluding hydrogens is 405 g/mol. The van der Waals surface area contributed by atoms with Crippen LogP contribution in [-0.4, -0.2) is 63.9 Å². The molecule has 4 rings (SSSR count). The second-order valence-corrected chi connectivity index (χ2v) is 10.0. The summed E-state index contributed by atoms with van der Waals surface area (Å²) in [5, 5.41) is 10.8. The van der Waals surface area contributed by atoms with Gasteiger partial charge in [-0.1, -0.05) is 12.1 Å². The monoisotopic (exact) mass is 433 g/mol. The maximum atomic E-state index is 13.1. The first-order chi connectivity index (χ1) is 14.3. The minimum atomic E-state index is -3.29. The van der Waals surface area contributed by atoms with E-state index in [0.29, 0.717) is 13.1 Å². The minimum Gasteiger partial charge on any atom is -0.387 e. The van der Waals surface area contributed by atoms with Crippen LogP contribution >= 0.6 is 0 Å². The van der Waals surface area contributed by atoms with Gasteiger partial charge in [0, 0.05) is 45.0 Å². The first-order valence-corrected chi connectivity index (χ1v) is 12.2. The highest BCUT2D eigenvalue weighted by Gasteiger charge is 2.26. The number of hydrogen-bond acceptors (Lipinski definition) is 5. The number of β-amino-alcohol motifs (C(OH)–C–C–N with tert-alkyl or cyclic N) is 1. The second kappa shape index (κ2) is 8.53. The molecule has 2 heterocycles. The highest BCUT2D eigenvalue weighted by molar-refractivity contribution is 7.92. The zero-order valence-electron chi connectivity index (χ0n) is 17.2. The van der Waals surface area contributed by atoms with Crippen LogP contribution in [0.15, 0.2) is 42.5 Å². The molecule has 1 fully saturated rings. The van der Waals surface area contributed by atoms with Crippen LogP contribution in [0.5, 0.6) is 0 Å². The summed E-state index contributed by atoms with van der Waals surface area (Å²) >= 11 is 0. The Labute approximate surface area is 177 Å². The summed E-state index contributed by atoms with van der Waals surface area (Å²) in [6, 6.07) is 12.2. The maximum Gasteiger partial charge on any atom is 0.232 e. The van der Waals surface area contributed by atoms with Crippen molar-refractivity contribution in [2.75, 3.05) is 54.7 Å². The lowest BCUT2D eigenvalue weighted by molar-refractivity contribution is 0.109. The molecule has 0 radical (unpaired) electrons. The van der Waals surface area contributed by atoms with Crippen molar-refractivity contribution in [3.63, 3.8) is 0 Å². The van der Waals surface area contributed by atoms with E-state index in [9.17, 15) is 17.9 Å². The molecule has 1 atom stereocenters. The Balaban J connectivity index is 1.38. The van der Waals surface area contributed by atoms with Crippen molar-refractivity contribution in [2.45, 2.75) is 18.9 Å². The van der Waals surface area contributed by atoms with Crippen molar-refractivity contribution in [3.05, 3.63) is 59.4 Å². The van der Waals surface area contributed by atoms with Gasteiger partial charge in [0.25, 0.3) is 0 Å². The van der Waals surface area contributed by atoms with Crippen molar-refractivity contribution in [1.29, 1.82) is 0 Å². The largest absolute Gasteiger partial charge is 0.387 e. The standard InChI is InChI=1S/C22H28FN3O3S/c1-30(28,29)26-10-2-3-17-15-18(4-9-21(17)26)22(27)16-24-11-13-25(14-12-24)20-7-5-19(23)6-8-20/h4-9,15,22,27H,2-3,10-14,16H2,1H3. The summed E-state index contributed by atoms with van der Waals surface area (Å²) in [4.78, 5) is 4.45. The number of rotatable bonds is 5. The Morgan fingerprint density at radius 2 is 1.73 bits per heavy atom. The lowest BCUT2D eigenvalue weighted by Crippen LogP contribution is -2.47. The number of aliphatic hydroxyl groups is 1. The number of piperazine rings is 1. The van der Waals surface area contributed by atoms with Gasteiger partial charge in [-0.15, -0.1) is 0 Å². The predicted molar refractivity (Wildman–Crippen MR) is 117 cm³/mol. The smallest absolute Gasteiger partial charge is 0.232 e. The number of aryl methyl sites for hydroxylation is 1. The molecule has 0 amide bonds. The van der Waals surface area contributed by atoms with Crippen LogP contribution in [0.4, 0.5) is 15.8 Å². The molecule has 8 heteroatoms. The molecule has 0 aliphatic carbocycles. The van der Waals surface area contributed by atoms with Crippen molar-refractivity contribution in [2.24, 2.45) is 0 Å². The number of halogens is 1. The lowest BCUT2D eigenvalue weighted by atomic mass is 9.98. The second-order valence-electron chi connectivity index (χ2n) is 8.11. The molecule has 0 saturated carbocycles. The SMILES string of the molecule is CS(=O)(=O)N1CCCc2cc(C(O)CN3CCN(c4ccc(F)cc4)CC3)ccc21. The molecular formula is C22H28FN3O3S. The summed E-state index contributed by atoms with van der Waals surface area (Å²) in [6.07, 6.45) is 2.21. The predicted octanol–water partition coefficient (Wildman–Crippen LogP) is 2.39. The van der Waals surface area contributed by atoms with Crippen LogP contribution in [0.1, 0.15) is 23.7 Å². The van der Waals surface area contributed by atoms with E-state index in [1.54, 1.807) is 12.1 Å². The van der Waals surface area contributed by atoms with E-state index >= 15 is 0 Å². The van der Waals surface area contributed by atoms with E-state index in [1.807, 2.05) is 18.2 Å². The van der Waals surface area contributed by atoms with Crippen LogP contribution < -0.4 is 9.21 Å². The third kappa shape index (κ3) is 4.61. The molecule has 2 aromatic rings. The van der Waals surface area contributed by atoms with Gasteiger partial charge in [0.05, 0.1) is 18.0 Å². The summed E-state index contributed by atoms with van der Waals surface area (Å²) in [5.41, 5.74) is 3.55. The normalized spacial score (nSPS) is 18.9. The quantitative estimate of drug-likeness (QED) is 0.785. The van der Waals surface area contributed by atoms with E-state index in [4.69, 9.17) is 0 Å². The van der Waals surface area contributed by atoms with E-state index in [2.05, 4.69) is 9.80 Å². The van der Waals surface area contributed by atoms with Gasteiger partial charge in [-0.3, -0.25) is 9.21 Å². The number of anilines is 2. The molecule has 1 saturated heterocycles. The highest BCUT2D eigenvalue weighted by atomic mass is 32.2. The van der Waals surface area contributed by atoms with Gasteiger partial charge < -0.3 is 10.0 Å². The average molecular weight is 434 g/mol. The van der Waals surface area contributed by atoms with E-state index in [1.165, 1.54) is 22.7 Å². The molecule has 2 aliphatic rings. The van der Waals surface area contributed by atoms with Gasteiger partial charge in [0.2, 0.25) is 10.0 Å². The molecule has 30 heavy (non-hydrogen) atoms. The zero-order chi connectivity index (χ0) is 21.3. The minimum absolute atomic E-state index is 0.231. The maximum absolute atomic E-state index is 13.1. The number of nitrogens with zero attached hydrogens (tertiary/aromatic N) is 3. The fraction of sp³-hybridized carbons (Fsp3) is 0.455. The van der Waals surface area contributed by atoms with Crippen LogP contribution in [0, 0.1) is 5.82 Å². The van der Waals surface area contributed by atoms with E-state index < -0.39 is 16.1 Å². The van der Waals surface area contributed by atoms with E-state index in [-0.39, 0.29) is 5.82 Å². The fourth-order valence-corrected chi connectivity index (χ4v) is 5.32. The zero-order valence-corrected chi connectivity index (χ0v) is 18.0. The highest BCUT2D eigenvalue weighted by Crippen LogP contribution is 2.31. The molecule has 2 aromatic carbocycles. The number of fused-ring (bicyclic) bond motifs is 1. The van der Waals surface area contributed by atoms with Gasteiger partial charge in [0.1, 0.15) is 5.82 Å². The van der Waals surface area contributed by atoms with Gasteiger partial charge in [-0.05, 0) is 54.3 Å². The Kier molecular flexibility index (Phi) is 5.99. The molecule has 1 N–H and O–H groups in total. The van der Waals surface area contributed by atoms with Crippen LogP contribution in [-0.2, 0) is 16.4 Å².